The first-order valence-electron chi connectivity index (χ1n) is 37.5. The number of benzene rings is 5. The molecule has 0 saturated heterocycles. The molecule has 1 N–H and O–H groups in total. The maximum atomic E-state index is 5.89. The van der Waals surface area contributed by atoms with Gasteiger partial charge in [-0.05, 0) is 237 Å². The number of aryl methyl sites for hydroxylation is 2. The van der Waals surface area contributed by atoms with Gasteiger partial charge in [0, 0.05) is 117 Å². The molecule has 5 aromatic carbocycles. The minimum absolute atomic E-state index is 0.193. The summed E-state index contributed by atoms with van der Waals surface area (Å²) >= 11 is 0. The number of H-pyrrole nitrogens is 1. The van der Waals surface area contributed by atoms with E-state index in [-0.39, 0.29) is 12.2 Å². The Morgan fingerprint density at radius 1 is 0.485 bits per heavy atom. The van der Waals surface area contributed by atoms with E-state index in [1.165, 1.54) is 111 Å². The predicted octanol–water partition coefficient (Wildman–Crippen LogP) is 19.1. The molecule has 4 heterocycles. The number of hydrogen-bond acceptors (Lipinski definition) is 13. The summed E-state index contributed by atoms with van der Waals surface area (Å²) < 4.78 is 34.4. The third kappa shape index (κ3) is 27.0. The van der Waals surface area contributed by atoms with Crippen molar-refractivity contribution in [3.8, 4) is 73.8 Å². The third-order valence-corrected chi connectivity index (χ3v) is 17.7. The highest BCUT2D eigenvalue weighted by molar-refractivity contribution is 5.66. The number of nitrogens with zero attached hydrogens (tertiary/aromatic N) is 11. The number of methoxy groups -OCH3 is 1. The van der Waals surface area contributed by atoms with Crippen LogP contribution in [0.3, 0.4) is 0 Å². The van der Waals surface area contributed by atoms with Crippen molar-refractivity contribution >= 4 is 0 Å². The van der Waals surface area contributed by atoms with Crippen LogP contribution in [0.5, 0.6) is 28.7 Å². The fourth-order valence-electron chi connectivity index (χ4n) is 12.3. The van der Waals surface area contributed by atoms with Crippen molar-refractivity contribution in [3.05, 3.63) is 174 Å². The molecule has 548 valence electrons. The van der Waals surface area contributed by atoms with Gasteiger partial charge in [-0.15, -0.1) is 0 Å². The maximum Gasteiger partial charge on any atom is 0.127 e. The van der Waals surface area contributed by atoms with Gasteiger partial charge in [0.15, 0.2) is 0 Å². The molecule has 101 heavy (non-hydrogen) atoms. The van der Waals surface area contributed by atoms with Crippen LogP contribution in [0, 0.1) is 0 Å². The number of aromatic nitrogens is 8. The summed E-state index contributed by atoms with van der Waals surface area (Å²) in [6, 6.07) is 43.5. The quantitative estimate of drug-likeness (QED) is 0.0370. The van der Waals surface area contributed by atoms with Gasteiger partial charge in [0.2, 0.25) is 0 Å². The van der Waals surface area contributed by atoms with Crippen LogP contribution < -0.4 is 18.9 Å². The molecule has 17 nitrogen and oxygen atoms in total. The largest absolute Gasteiger partial charge is 0.494 e. The lowest BCUT2D eigenvalue weighted by Crippen LogP contribution is -2.19. The molecule has 9 aromatic rings. The first-order valence-corrected chi connectivity index (χ1v) is 37.5. The van der Waals surface area contributed by atoms with Crippen LogP contribution in [0.2, 0.25) is 0 Å². The van der Waals surface area contributed by atoms with Gasteiger partial charge >= 0.3 is 0 Å². The Balaban J connectivity index is 0.000000189. The highest BCUT2D eigenvalue weighted by Gasteiger charge is 2.22. The average Bonchev–Trinajstić information content (AvgIpc) is 1.69. The highest BCUT2D eigenvalue weighted by atomic mass is 16.5. The molecule has 0 radical (unpaired) electrons. The molecular formula is C84H122N12O5. The molecule has 4 aromatic heterocycles. The number of rotatable bonds is 37. The lowest BCUT2D eigenvalue weighted by molar-refractivity contribution is 0.172. The molecule has 0 aliphatic heterocycles. The van der Waals surface area contributed by atoms with Gasteiger partial charge in [-0.3, -0.25) is 19.1 Å². The normalized spacial score (nSPS) is 12.3. The van der Waals surface area contributed by atoms with Crippen LogP contribution in [0.25, 0.3) is 45.0 Å². The molecule has 1 aliphatic rings. The second kappa shape index (κ2) is 43.7. The summed E-state index contributed by atoms with van der Waals surface area (Å²) in [6.45, 7) is 29.7. The zero-order valence-electron chi connectivity index (χ0n) is 64.1. The molecule has 10 rings (SSSR count). The Labute approximate surface area is 606 Å². The summed E-state index contributed by atoms with van der Waals surface area (Å²) in [5.74, 6) is 4.40. The molecule has 0 bridgehead atoms. The van der Waals surface area contributed by atoms with E-state index in [4.69, 9.17) is 33.9 Å². The second-order valence-corrected chi connectivity index (χ2v) is 27.6. The predicted molar refractivity (Wildman–Crippen MR) is 416 cm³/mol. The van der Waals surface area contributed by atoms with E-state index in [1.807, 2.05) is 109 Å². The SMILES string of the molecule is CCCCN(C)Cc1cn(C2CCCC2)nc1-c1ccc(OC(C)C)cc1.CCCCN(C)Cc1cn(CC)nc1-c1ccc(OC(C)C)cc1.CCCCN(C)Cc1cn[nH]c1-c1ccc(OCCCOC)cc1.CCCCN(C)Cc1cnn(C)c1-c1ccc(Oc2ccccc2)cc1. The first kappa shape index (κ1) is 80.3. The first-order chi connectivity index (χ1) is 49.0. The minimum atomic E-state index is 0.193. The molecular weight excluding hydrogens is 1260 g/mol. The van der Waals surface area contributed by atoms with E-state index in [2.05, 4.69) is 189 Å². The van der Waals surface area contributed by atoms with Crippen LogP contribution in [0.15, 0.2) is 152 Å². The number of aromatic amines is 1. The summed E-state index contributed by atoms with van der Waals surface area (Å²) in [5.41, 5.74) is 14.2. The van der Waals surface area contributed by atoms with E-state index < -0.39 is 0 Å². The molecule has 0 amide bonds. The van der Waals surface area contributed by atoms with Crippen LogP contribution in [0.4, 0.5) is 0 Å². The number of hydrogen-bond donors (Lipinski definition) is 1. The third-order valence-electron chi connectivity index (χ3n) is 17.7. The molecule has 0 atom stereocenters. The van der Waals surface area contributed by atoms with Crippen molar-refractivity contribution in [2.24, 2.45) is 7.05 Å². The van der Waals surface area contributed by atoms with Crippen LogP contribution in [-0.4, -0.2) is 146 Å². The van der Waals surface area contributed by atoms with Crippen LogP contribution >= 0.6 is 0 Å². The van der Waals surface area contributed by atoms with E-state index >= 15 is 0 Å². The topological polar surface area (TPSA) is 141 Å². The monoisotopic (exact) mass is 1380 g/mol. The van der Waals surface area contributed by atoms with Crippen molar-refractivity contribution < 1.29 is 23.7 Å². The van der Waals surface area contributed by atoms with Gasteiger partial charge in [0.05, 0.1) is 60.0 Å². The van der Waals surface area contributed by atoms with Crippen LogP contribution in [0.1, 0.15) is 174 Å². The van der Waals surface area contributed by atoms with Crippen LogP contribution in [-0.2, 0) is 44.5 Å². The van der Waals surface area contributed by atoms with Gasteiger partial charge in [0.1, 0.15) is 28.7 Å². The van der Waals surface area contributed by atoms with E-state index in [9.17, 15) is 0 Å². The Hall–Kier alpha value is -8.06. The Bertz CT molecular complexity index is 3670. The zero-order chi connectivity index (χ0) is 72.3. The average molecular weight is 1380 g/mol. The number of para-hydroxylation sites is 1. The Morgan fingerprint density at radius 3 is 1.45 bits per heavy atom. The van der Waals surface area contributed by atoms with E-state index in [0.717, 1.165) is 134 Å². The summed E-state index contributed by atoms with van der Waals surface area (Å²) in [7, 11) is 12.4. The van der Waals surface area contributed by atoms with Crippen molar-refractivity contribution in [1.82, 2.24) is 59.1 Å². The molecule has 17 heteroatoms. The number of nitrogens with one attached hydrogen (secondary N) is 1. The van der Waals surface area contributed by atoms with E-state index in [0.29, 0.717) is 12.6 Å². The van der Waals surface area contributed by atoms with Gasteiger partial charge < -0.3 is 43.3 Å². The summed E-state index contributed by atoms with van der Waals surface area (Å²) in [5, 5.41) is 21.6. The van der Waals surface area contributed by atoms with Gasteiger partial charge in [0.25, 0.3) is 0 Å². The van der Waals surface area contributed by atoms with E-state index in [1.54, 1.807) is 7.11 Å². The molecule has 0 spiro atoms. The molecule has 1 aliphatic carbocycles. The molecule has 1 fully saturated rings. The number of ether oxygens (including phenoxy) is 5. The van der Waals surface area contributed by atoms with Gasteiger partial charge in [-0.2, -0.15) is 20.4 Å². The summed E-state index contributed by atoms with van der Waals surface area (Å²) in [6.07, 6.45) is 24.6. The zero-order valence-corrected chi connectivity index (χ0v) is 64.1. The number of unbranched alkanes of at least 4 members (excludes halogenated alkanes) is 4. The molecule has 1 saturated carbocycles. The van der Waals surface area contributed by atoms with Gasteiger partial charge in [-0.25, -0.2) is 0 Å². The molecule has 0 unspecified atom stereocenters. The maximum absolute atomic E-state index is 5.89. The Morgan fingerprint density at radius 2 is 0.941 bits per heavy atom. The van der Waals surface area contributed by atoms with Gasteiger partial charge in [-0.1, -0.05) is 84.4 Å². The Kier molecular flexibility index (Phi) is 34.7. The standard InChI is InChI=1S/C23H35N3O.C22H27N3O.C20H31N3O.C19H29N3O2/c1-5-6-15-25(4)16-20-17-26(21-9-7-8-10-21)24-23(20)19-11-13-22(14-12-19)27-18(2)3;1-4-5-15-24(2)17-19-16-23-25(3)22(19)18-11-13-21(14-12-18)26-20-9-7-6-8-10-20;1-6-8-13-22(5)14-18-15-23(7-2)21-20(18)17-9-11-19(12-10-17)24-16(3)4;1-4-5-11-22(2)15-17-14-20-21-19(17)16-7-9-18(10-8-16)24-13-6-12-23-3/h11-14,17-18,21H,5-10,15-16H2,1-4H3;6-14,16H,4-5,15,17H2,1-3H3;9-12,15-16H,6-8,13-14H2,1-5H3;7-10,14H,4-6,11-13,15H2,1-3H3,(H,20,21). The smallest absolute Gasteiger partial charge is 0.127 e. The lowest BCUT2D eigenvalue weighted by atomic mass is 10.1. The fraction of sp³-hybridized carbons (Fsp3) is 0.500. The summed E-state index contributed by atoms with van der Waals surface area (Å²) in [4.78, 5) is 9.49. The highest BCUT2D eigenvalue weighted by Crippen LogP contribution is 2.34. The van der Waals surface area contributed by atoms with Crippen molar-refractivity contribution in [2.45, 2.75) is 197 Å². The minimum Gasteiger partial charge on any atom is -0.494 e. The fourth-order valence-corrected chi connectivity index (χ4v) is 12.3. The second-order valence-electron chi connectivity index (χ2n) is 27.6. The lowest BCUT2D eigenvalue weighted by Gasteiger charge is -2.16. The van der Waals surface area contributed by atoms with Crippen molar-refractivity contribution in [2.75, 3.05) is 74.7 Å². The van der Waals surface area contributed by atoms with Crippen molar-refractivity contribution in [1.29, 1.82) is 0 Å². The van der Waals surface area contributed by atoms with Crippen molar-refractivity contribution in [3.63, 3.8) is 0 Å².